The molecule has 15 heavy (non-hydrogen) atoms. The second-order valence-corrected chi connectivity index (χ2v) is 5.41. The van der Waals surface area contributed by atoms with Gasteiger partial charge in [-0.3, -0.25) is 0 Å². The van der Waals surface area contributed by atoms with Crippen molar-refractivity contribution in [1.29, 1.82) is 0 Å². The van der Waals surface area contributed by atoms with E-state index in [0.717, 1.165) is 12.0 Å². The third-order valence-corrected chi connectivity index (χ3v) is 4.10. The molecule has 1 aliphatic heterocycles. The number of nitrogens with one attached hydrogen (secondary N) is 1. The lowest BCUT2D eigenvalue weighted by atomic mass is 9.86. The lowest BCUT2D eigenvalue weighted by Crippen LogP contribution is -2.42. The number of hydrogen-bond acceptors (Lipinski definition) is 2. The largest absolute Gasteiger partial charge is 0.317 e. The SMILES string of the molecule is CC1CCC(N2CCCNCCC2)CC1. The molecule has 0 spiro atoms. The molecule has 1 saturated heterocycles. The zero-order chi connectivity index (χ0) is 10.5. The molecule has 0 aromatic heterocycles. The van der Waals surface area contributed by atoms with Crippen molar-refractivity contribution >= 4 is 0 Å². The van der Waals surface area contributed by atoms with Crippen molar-refractivity contribution in [3.05, 3.63) is 0 Å². The number of hydrogen-bond donors (Lipinski definition) is 1. The van der Waals surface area contributed by atoms with Crippen LogP contribution in [0, 0.1) is 5.92 Å². The first-order valence-corrected chi connectivity index (χ1v) is 6.81. The van der Waals surface area contributed by atoms with E-state index in [4.69, 9.17) is 0 Å². The highest BCUT2D eigenvalue weighted by atomic mass is 15.2. The summed E-state index contributed by atoms with van der Waals surface area (Å²) in [6.45, 7) is 7.50. The van der Waals surface area contributed by atoms with Gasteiger partial charge in [-0.25, -0.2) is 0 Å². The van der Waals surface area contributed by atoms with Crippen LogP contribution < -0.4 is 5.32 Å². The van der Waals surface area contributed by atoms with Crippen molar-refractivity contribution in [1.82, 2.24) is 10.2 Å². The molecule has 1 N–H and O–H groups in total. The zero-order valence-electron chi connectivity index (χ0n) is 10.2. The summed E-state index contributed by atoms with van der Waals surface area (Å²) in [6, 6.07) is 0.916. The van der Waals surface area contributed by atoms with Gasteiger partial charge in [-0.15, -0.1) is 0 Å². The minimum Gasteiger partial charge on any atom is -0.317 e. The number of rotatable bonds is 1. The molecule has 1 heterocycles. The standard InChI is InChI=1S/C13H26N2/c1-12-4-6-13(7-5-12)15-10-2-8-14-9-3-11-15/h12-14H,2-11H2,1H3. The van der Waals surface area contributed by atoms with Crippen LogP contribution in [0.25, 0.3) is 0 Å². The highest BCUT2D eigenvalue weighted by Gasteiger charge is 2.23. The Labute approximate surface area is 94.4 Å². The average molecular weight is 210 g/mol. The van der Waals surface area contributed by atoms with Crippen LogP contribution in [-0.4, -0.2) is 37.1 Å². The Balaban J connectivity index is 1.79. The van der Waals surface area contributed by atoms with Crippen molar-refractivity contribution in [2.24, 2.45) is 5.92 Å². The van der Waals surface area contributed by atoms with E-state index >= 15 is 0 Å². The maximum absolute atomic E-state index is 3.49. The van der Waals surface area contributed by atoms with Crippen LogP contribution >= 0.6 is 0 Å². The predicted octanol–water partition coefficient (Wildman–Crippen LogP) is 2.25. The first kappa shape index (κ1) is 11.4. The lowest BCUT2D eigenvalue weighted by Gasteiger charge is -2.37. The predicted molar refractivity (Wildman–Crippen MR) is 65.1 cm³/mol. The fourth-order valence-electron chi connectivity index (χ4n) is 3.02. The first-order valence-electron chi connectivity index (χ1n) is 6.81. The normalized spacial score (nSPS) is 35.8. The molecule has 1 saturated carbocycles. The third-order valence-electron chi connectivity index (χ3n) is 4.10. The monoisotopic (exact) mass is 210 g/mol. The highest BCUT2D eigenvalue weighted by Crippen LogP contribution is 2.27. The van der Waals surface area contributed by atoms with Gasteiger partial charge in [0.15, 0.2) is 0 Å². The highest BCUT2D eigenvalue weighted by molar-refractivity contribution is 4.79. The van der Waals surface area contributed by atoms with E-state index in [9.17, 15) is 0 Å². The molecular formula is C13H26N2. The van der Waals surface area contributed by atoms with E-state index < -0.39 is 0 Å². The average Bonchev–Trinajstić information content (AvgIpc) is 2.19. The molecule has 2 heteroatoms. The Bertz CT molecular complexity index is 165. The molecule has 1 aliphatic carbocycles. The van der Waals surface area contributed by atoms with Crippen molar-refractivity contribution in [3.8, 4) is 0 Å². The van der Waals surface area contributed by atoms with Crippen LogP contribution in [0.1, 0.15) is 45.4 Å². The van der Waals surface area contributed by atoms with Gasteiger partial charge in [0.25, 0.3) is 0 Å². The maximum atomic E-state index is 3.49. The quantitative estimate of drug-likeness (QED) is 0.714. The van der Waals surface area contributed by atoms with Crippen LogP contribution in [-0.2, 0) is 0 Å². The van der Waals surface area contributed by atoms with Gasteiger partial charge in [0.1, 0.15) is 0 Å². The van der Waals surface area contributed by atoms with E-state index in [0.29, 0.717) is 0 Å². The van der Waals surface area contributed by atoms with E-state index in [1.807, 2.05) is 0 Å². The molecular weight excluding hydrogens is 184 g/mol. The van der Waals surface area contributed by atoms with Gasteiger partial charge in [-0.2, -0.15) is 0 Å². The molecule has 0 amide bonds. The smallest absolute Gasteiger partial charge is 0.00954 e. The topological polar surface area (TPSA) is 15.3 Å². The molecule has 2 rings (SSSR count). The third kappa shape index (κ3) is 3.46. The summed E-state index contributed by atoms with van der Waals surface area (Å²) in [5, 5.41) is 3.49. The molecule has 2 nitrogen and oxygen atoms in total. The summed E-state index contributed by atoms with van der Waals surface area (Å²) in [5.74, 6) is 0.984. The fraction of sp³-hybridized carbons (Fsp3) is 1.00. The van der Waals surface area contributed by atoms with Crippen LogP contribution in [0.2, 0.25) is 0 Å². The lowest BCUT2D eigenvalue weighted by molar-refractivity contribution is 0.131. The molecule has 0 aromatic rings. The summed E-state index contributed by atoms with van der Waals surface area (Å²) in [6.07, 6.45) is 8.50. The first-order chi connectivity index (χ1) is 7.36. The second-order valence-electron chi connectivity index (χ2n) is 5.41. The van der Waals surface area contributed by atoms with Gasteiger partial charge in [0.05, 0.1) is 0 Å². The van der Waals surface area contributed by atoms with Gasteiger partial charge < -0.3 is 10.2 Å². The van der Waals surface area contributed by atoms with Crippen molar-refractivity contribution in [3.63, 3.8) is 0 Å². The van der Waals surface area contributed by atoms with Gasteiger partial charge >= 0.3 is 0 Å². The Hall–Kier alpha value is -0.0800. The molecule has 2 fully saturated rings. The summed E-state index contributed by atoms with van der Waals surface area (Å²) in [7, 11) is 0. The molecule has 0 atom stereocenters. The molecule has 88 valence electrons. The molecule has 0 bridgehead atoms. The van der Waals surface area contributed by atoms with Crippen molar-refractivity contribution in [2.75, 3.05) is 26.2 Å². The number of nitrogens with zero attached hydrogens (tertiary/aromatic N) is 1. The van der Waals surface area contributed by atoms with Gasteiger partial charge in [0.2, 0.25) is 0 Å². The Morgan fingerprint density at radius 3 is 2.13 bits per heavy atom. The van der Waals surface area contributed by atoms with Crippen molar-refractivity contribution < 1.29 is 0 Å². The zero-order valence-corrected chi connectivity index (χ0v) is 10.2. The van der Waals surface area contributed by atoms with Gasteiger partial charge in [-0.05, 0) is 70.6 Å². The van der Waals surface area contributed by atoms with Crippen LogP contribution in [0.4, 0.5) is 0 Å². The molecule has 0 aromatic carbocycles. The van der Waals surface area contributed by atoms with E-state index in [1.54, 1.807) is 0 Å². The van der Waals surface area contributed by atoms with E-state index in [2.05, 4.69) is 17.1 Å². The van der Waals surface area contributed by atoms with Gasteiger partial charge in [-0.1, -0.05) is 6.92 Å². The summed E-state index contributed by atoms with van der Waals surface area (Å²) in [5.41, 5.74) is 0. The summed E-state index contributed by atoms with van der Waals surface area (Å²) < 4.78 is 0. The van der Waals surface area contributed by atoms with Crippen LogP contribution in [0.5, 0.6) is 0 Å². The molecule has 0 radical (unpaired) electrons. The van der Waals surface area contributed by atoms with E-state index in [1.165, 1.54) is 64.7 Å². The minimum absolute atomic E-state index is 0.916. The Morgan fingerprint density at radius 2 is 1.53 bits per heavy atom. The van der Waals surface area contributed by atoms with Gasteiger partial charge in [0, 0.05) is 6.04 Å². The summed E-state index contributed by atoms with van der Waals surface area (Å²) >= 11 is 0. The molecule has 0 unspecified atom stereocenters. The van der Waals surface area contributed by atoms with Crippen LogP contribution in [0.3, 0.4) is 0 Å². The summed E-state index contributed by atoms with van der Waals surface area (Å²) in [4.78, 5) is 2.77. The second kappa shape index (κ2) is 5.86. The molecule has 2 aliphatic rings. The van der Waals surface area contributed by atoms with Crippen molar-refractivity contribution in [2.45, 2.75) is 51.5 Å². The Morgan fingerprint density at radius 1 is 0.933 bits per heavy atom. The fourth-order valence-corrected chi connectivity index (χ4v) is 3.02. The maximum Gasteiger partial charge on any atom is 0.00954 e. The Kier molecular flexibility index (Phi) is 4.45. The van der Waals surface area contributed by atoms with Crippen LogP contribution in [0.15, 0.2) is 0 Å². The minimum atomic E-state index is 0.916. The van der Waals surface area contributed by atoms with E-state index in [-0.39, 0.29) is 0 Å².